The van der Waals surface area contributed by atoms with E-state index in [1.54, 1.807) is 0 Å². The van der Waals surface area contributed by atoms with E-state index >= 15 is 0 Å². The van der Waals surface area contributed by atoms with Crippen molar-refractivity contribution in [2.75, 3.05) is 0 Å². The molecule has 0 aliphatic carbocycles. The minimum atomic E-state index is -0.0812. The summed E-state index contributed by atoms with van der Waals surface area (Å²) in [5.41, 5.74) is 4.19. The molecule has 0 spiro atoms. The third-order valence-electron chi connectivity index (χ3n) is 6.22. The first kappa shape index (κ1) is 33.1. The number of hydrogen-bond donors (Lipinski definition) is 1. The van der Waals surface area contributed by atoms with E-state index in [9.17, 15) is 4.79 Å². The maximum atomic E-state index is 13.1. The van der Waals surface area contributed by atoms with Gasteiger partial charge in [0.2, 0.25) is 11.5 Å². The van der Waals surface area contributed by atoms with Crippen molar-refractivity contribution in [3.05, 3.63) is 52.1 Å². The molecule has 212 valence electrons. The average molecular weight is 526 g/mol. The first-order valence-corrected chi connectivity index (χ1v) is 14.3. The standard InChI is InChI=1S/C24H33N5O2.C5H12.C2H6/c1-8-19(9-2)31-21-12-16(4)22-27-28(23(25)29(22)26-21)14-20(30)17-10-15(3)11-18(13-17)24(5,6)7;1-3-5-4-2;1-2/h10-13,19,25H,8-9,14H2,1-7H3;3-5H2,1-2H3;1-2H3. The normalized spacial score (nSPS) is 11.1. The van der Waals surface area contributed by atoms with E-state index < -0.39 is 0 Å². The fourth-order valence-electron chi connectivity index (χ4n) is 3.88. The molecule has 1 aromatic carbocycles. The number of fused-ring (bicyclic) bond motifs is 1. The van der Waals surface area contributed by atoms with Crippen molar-refractivity contribution in [2.24, 2.45) is 0 Å². The van der Waals surface area contributed by atoms with Crippen LogP contribution in [0.1, 0.15) is 121 Å². The largest absolute Gasteiger partial charge is 0.473 e. The Labute approximate surface area is 230 Å². The minimum absolute atomic E-state index is 0.0165. The van der Waals surface area contributed by atoms with Gasteiger partial charge < -0.3 is 4.74 Å². The SMILES string of the molecule is CC.CCC(CC)Oc1cc(C)c2nn(CC(=O)c3cc(C)cc(C(C)(C)C)c3)c(=N)n2n1.CCCCC. The number of nitrogens with zero attached hydrogens (tertiary/aromatic N) is 4. The Kier molecular flexibility index (Phi) is 13.4. The van der Waals surface area contributed by atoms with E-state index in [1.807, 2.05) is 45.9 Å². The maximum Gasteiger partial charge on any atom is 0.242 e. The van der Waals surface area contributed by atoms with Gasteiger partial charge in [0.1, 0.15) is 6.54 Å². The summed E-state index contributed by atoms with van der Waals surface area (Å²) in [5, 5.41) is 17.4. The van der Waals surface area contributed by atoms with Gasteiger partial charge in [-0.25, -0.2) is 4.68 Å². The first-order chi connectivity index (χ1) is 17.9. The van der Waals surface area contributed by atoms with Crippen LogP contribution in [0.2, 0.25) is 0 Å². The molecule has 0 aliphatic rings. The van der Waals surface area contributed by atoms with E-state index in [0.717, 1.165) is 29.5 Å². The van der Waals surface area contributed by atoms with E-state index in [-0.39, 0.29) is 29.5 Å². The number of aromatic nitrogens is 4. The minimum Gasteiger partial charge on any atom is -0.473 e. The highest BCUT2D eigenvalue weighted by Crippen LogP contribution is 2.25. The number of carbonyl (C=O) groups excluding carboxylic acids is 1. The lowest BCUT2D eigenvalue weighted by Crippen LogP contribution is -2.27. The zero-order chi connectivity index (χ0) is 29.0. The van der Waals surface area contributed by atoms with Crippen LogP contribution in [0.15, 0.2) is 24.3 Å². The fraction of sp³-hybridized carbons (Fsp3) is 0.613. The summed E-state index contributed by atoms with van der Waals surface area (Å²) in [6, 6.07) is 7.78. The second-order valence-corrected chi connectivity index (χ2v) is 10.6. The highest BCUT2D eigenvalue weighted by molar-refractivity contribution is 5.96. The average Bonchev–Trinajstić information content (AvgIpc) is 3.19. The van der Waals surface area contributed by atoms with Crippen LogP contribution < -0.4 is 10.4 Å². The molecule has 0 unspecified atom stereocenters. The van der Waals surface area contributed by atoms with Crippen LogP contribution in [0.4, 0.5) is 0 Å². The van der Waals surface area contributed by atoms with Crippen molar-refractivity contribution in [1.29, 1.82) is 5.41 Å². The van der Waals surface area contributed by atoms with Gasteiger partial charge >= 0.3 is 0 Å². The molecule has 7 nitrogen and oxygen atoms in total. The molecule has 0 aliphatic heterocycles. The summed E-state index contributed by atoms with van der Waals surface area (Å²) in [5.74, 6) is 0.388. The highest BCUT2D eigenvalue weighted by atomic mass is 16.5. The molecule has 2 heterocycles. The molecule has 2 aromatic heterocycles. The van der Waals surface area contributed by atoms with Crippen LogP contribution >= 0.6 is 0 Å². The van der Waals surface area contributed by atoms with Crippen LogP contribution in [0.25, 0.3) is 5.65 Å². The van der Waals surface area contributed by atoms with Gasteiger partial charge in [-0.05, 0) is 49.8 Å². The van der Waals surface area contributed by atoms with Gasteiger partial charge in [-0.1, -0.05) is 93.2 Å². The Bertz CT molecular complexity index is 1210. The topological polar surface area (TPSA) is 85.3 Å². The summed E-state index contributed by atoms with van der Waals surface area (Å²) in [6.07, 6.45) is 5.92. The third kappa shape index (κ3) is 9.10. The molecule has 0 atom stereocenters. The predicted molar refractivity (Wildman–Crippen MR) is 157 cm³/mol. The van der Waals surface area contributed by atoms with E-state index in [2.05, 4.69) is 64.7 Å². The Morgan fingerprint density at radius 3 is 2.08 bits per heavy atom. The number of nitrogens with one attached hydrogen (secondary N) is 1. The molecular weight excluding hydrogens is 474 g/mol. The molecule has 7 heteroatoms. The molecule has 3 aromatic rings. The van der Waals surface area contributed by atoms with Crippen molar-refractivity contribution < 1.29 is 9.53 Å². The Morgan fingerprint density at radius 2 is 1.58 bits per heavy atom. The Balaban J connectivity index is 0.000000924. The van der Waals surface area contributed by atoms with Gasteiger partial charge in [-0.2, -0.15) is 4.52 Å². The molecule has 1 N–H and O–H groups in total. The lowest BCUT2D eigenvalue weighted by atomic mass is 9.84. The molecular formula is C31H51N5O2. The van der Waals surface area contributed by atoms with Gasteiger partial charge in [-0.3, -0.25) is 10.2 Å². The number of rotatable bonds is 9. The van der Waals surface area contributed by atoms with Crippen molar-refractivity contribution >= 4 is 11.4 Å². The summed E-state index contributed by atoms with van der Waals surface area (Å²) >= 11 is 0. The number of ketones is 1. The zero-order valence-corrected chi connectivity index (χ0v) is 25.7. The van der Waals surface area contributed by atoms with E-state index in [1.165, 1.54) is 28.5 Å². The smallest absolute Gasteiger partial charge is 0.242 e. The fourth-order valence-corrected chi connectivity index (χ4v) is 3.88. The van der Waals surface area contributed by atoms with Crippen LogP contribution in [0, 0.1) is 19.3 Å². The lowest BCUT2D eigenvalue weighted by molar-refractivity contribution is 0.0965. The lowest BCUT2D eigenvalue weighted by Gasteiger charge is -2.20. The molecule has 0 saturated carbocycles. The predicted octanol–water partition coefficient (Wildman–Crippen LogP) is 7.60. The number of benzene rings is 1. The number of hydrogen-bond acceptors (Lipinski definition) is 5. The quantitative estimate of drug-likeness (QED) is 0.292. The van der Waals surface area contributed by atoms with Gasteiger partial charge in [0.15, 0.2) is 11.4 Å². The molecule has 0 bridgehead atoms. The van der Waals surface area contributed by atoms with Crippen molar-refractivity contribution in [3.63, 3.8) is 0 Å². The molecule has 0 amide bonds. The van der Waals surface area contributed by atoms with Crippen molar-refractivity contribution in [3.8, 4) is 5.88 Å². The number of carbonyl (C=O) groups is 1. The summed E-state index contributed by atoms with van der Waals surface area (Å²) < 4.78 is 8.80. The highest BCUT2D eigenvalue weighted by Gasteiger charge is 2.19. The van der Waals surface area contributed by atoms with Gasteiger partial charge in [0, 0.05) is 17.2 Å². The number of ether oxygens (including phenoxy) is 1. The molecule has 38 heavy (non-hydrogen) atoms. The van der Waals surface area contributed by atoms with Crippen LogP contribution in [0.5, 0.6) is 5.88 Å². The molecule has 0 radical (unpaired) electrons. The Morgan fingerprint density at radius 1 is 0.974 bits per heavy atom. The molecule has 0 fully saturated rings. The van der Waals surface area contributed by atoms with Crippen LogP contribution in [-0.2, 0) is 12.0 Å². The molecule has 0 saturated heterocycles. The van der Waals surface area contributed by atoms with Crippen molar-refractivity contribution in [1.82, 2.24) is 19.4 Å². The third-order valence-corrected chi connectivity index (χ3v) is 6.22. The second kappa shape index (κ2) is 15.5. The van der Waals surface area contributed by atoms with Crippen LogP contribution in [-0.4, -0.2) is 31.3 Å². The second-order valence-electron chi connectivity index (χ2n) is 10.6. The van der Waals surface area contributed by atoms with Gasteiger partial charge in [0.05, 0.1) is 6.10 Å². The monoisotopic (exact) mass is 525 g/mol. The van der Waals surface area contributed by atoms with E-state index in [0.29, 0.717) is 17.1 Å². The van der Waals surface area contributed by atoms with Crippen LogP contribution in [0.3, 0.4) is 0 Å². The van der Waals surface area contributed by atoms with Gasteiger partial charge in [0.25, 0.3) is 0 Å². The number of aryl methyl sites for hydroxylation is 2. The number of unbranched alkanes of at least 4 members (excludes halogenated alkanes) is 2. The zero-order valence-electron chi connectivity index (χ0n) is 25.7. The number of Topliss-reactive ketones (excluding diaryl/α,β-unsaturated/α-hetero) is 1. The van der Waals surface area contributed by atoms with Gasteiger partial charge in [-0.15, -0.1) is 10.2 Å². The summed E-state index contributed by atoms with van der Waals surface area (Å²) in [4.78, 5) is 13.1. The summed E-state index contributed by atoms with van der Waals surface area (Å²) in [6.45, 7) is 22.8. The maximum absolute atomic E-state index is 13.1. The summed E-state index contributed by atoms with van der Waals surface area (Å²) in [7, 11) is 0. The van der Waals surface area contributed by atoms with E-state index in [4.69, 9.17) is 10.1 Å². The first-order valence-electron chi connectivity index (χ1n) is 14.3. The molecule has 3 rings (SSSR count). The Hall–Kier alpha value is -2.96. The van der Waals surface area contributed by atoms with Crippen molar-refractivity contribution in [2.45, 2.75) is 126 Å².